The fraction of sp³-hybridized carbons (Fsp3) is 0.500. The Hall–Kier alpha value is -0.100. The zero-order chi connectivity index (χ0) is 7.78. The fourth-order valence-electron chi connectivity index (χ4n) is 0.548. The standard InChI is InChI=1S/C4H4Br2N2O2/c5-4(6)3(10)7-1-2(9)8-4/h1H2,(H,7,10)(H,8,9). The van der Waals surface area contributed by atoms with Crippen LogP contribution in [-0.4, -0.2) is 21.7 Å². The number of rotatable bonds is 0. The van der Waals surface area contributed by atoms with Crippen molar-refractivity contribution in [1.29, 1.82) is 0 Å². The van der Waals surface area contributed by atoms with Gasteiger partial charge in [0, 0.05) is 0 Å². The predicted molar refractivity (Wildman–Crippen MR) is 41.7 cm³/mol. The minimum absolute atomic E-state index is 0.0395. The first-order chi connectivity index (χ1) is 4.52. The maximum absolute atomic E-state index is 10.8. The minimum Gasteiger partial charge on any atom is -0.343 e. The molecule has 1 aliphatic heterocycles. The Balaban J connectivity index is 2.73. The molecule has 0 aromatic rings. The summed E-state index contributed by atoms with van der Waals surface area (Å²) in [5.41, 5.74) is 0. The first-order valence-corrected chi connectivity index (χ1v) is 4.08. The molecule has 0 radical (unpaired) electrons. The molecule has 1 heterocycles. The quantitative estimate of drug-likeness (QED) is 0.469. The highest BCUT2D eigenvalue weighted by molar-refractivity contribution is 9.25. The summed E-state index contributed by atoms with van der Waals surface area (Å²) in [6.07, 6.45) is 0. The molecular formula is C4H4Br2N2O2. The summed E-state index contributed by atoms with van der Waals surface area (Å²) in [5, 5.41) is 4.77. The second-order valence-corrected chi connectivity index (χ2v) is 5.25. The topological polar surface area (TPSA) is 58.2 Å². The number of halogens is 2. The summed E-state index contributed by atoms with van der Waals surface area (Å²) in [6, 6.07) is 0. The first-order valence-electron chi connectivity index (χ1n) is 2.49. The molecule has 0 unspecified atom stereocenters. The van der Waals surface area contributed by atoms with Crippen LogP contribution in [0, 0.1) is 0 Å². The molecule has 0 aliphatic carbocycles. The van der Waals surface area contributed by atoms with E-state index in [-0.39, 0.29) is 18.4 Å². The number of alkyl halides is 2. The van der Waals surface area contributed by atoms with Crippen LogP contribution in [0.25, 0.3) is 0 Å². The molecule has 1 saturated heterocycles. The molecule has 6 heteroatoms. The summed E-state index contributed by atoms with van der Waals surface area (Å²) in [5.74, 6) is -0.527. The maximum atomic E-state index is 10.8. The monoisotopic (exact) mass is 270 g/mol. The van der Waals surface area contributed by atoms with E-state index in [1.807, 2.05) is 0 Å². The zero-order valence-corrected chi connectivity index (χ0v) is 7.95. The van der Waals surface area contributed by atoms with Crippen molar-refractivity contribution in [2.24, 2.45) is 0 Å². The zero-order valence-electron chi connectivity index (χ0n) is 4.78. The normalized spacial score (nSPS) is 23.4. The van der Waals surface area contributed by atoms with Gasteiger partial charge < -0.3 is 10.6 Å². The van der Waals surface area contributed by atoms with Crippen molar-refractivity contribution in [3.8, 4) is 0 Å². The summed E-state index contributed by atoms with van der Waals surface area (Å²) in [7, 11) is 0. The average Bonchev–Trinajstić information content (AvgIpc) is 1.78. The second-order valence-electron chi connectivity index (χ2n) is 1.81. The van der Waals surface area contributed by atoms with Gasteiger partial charge >= 0.3 is 0 Å². The van der Waals surface area contributed by atoms with Crippen LogP contribution in [-0.2, 0) is 9.59 Å². The number of hydrogen-bond acceptors (Lipinski definition) is 2. The van der Waals surface area contributed by atoms with Gasteiger partial charge in [-0.25, -0.2) is 0 Å². The number of piperazine rings is 1. The minimum atomic E-state index is -1.12. The van der Waals surface area contributed by atoms with E-state index in [4.69, 9.17) is 0 Å². The highest BCUT2D eigenvalue weighted by atomic mass is 79.9. The SMILES string of the molecule is O=C1CNC(=O)C(Br)(Br)N1. The Kier molecular flexibility index (Phi) is 2.00. The van der Waals surface area contributed by atoms with Crippen LogP contribution in [0.3, 0.4) is 0 Å². The van der Waals surface area contributed by atoms with Crippen molar-refractivity contribution in [3.63, 3.8) is 0 Å². The molecular weight excluding hydrogens is 268 g/mol. The van der Waals surface area contributed by atoms with Crippen molar-refractivity contribution < 1.29 is 9.59 Å². The summed E-state index contributed by atoms with van der Waals surface area (Å²) < 4.78 is -1.12. The molecule has 0 atom stereocenters. The molecule has 56 valence electrons. The van der Waals surface area contributed by atoms with E-state index in [0.717, 1.165) is 0 Å². The van der Waals surface area contributed by atoms with E-state index in [1.54, 1.807) is 0 Å². The molecule has 2 N–H and O–H groups in total. The van der Waals surface area contributed by atoms with E-state index in [1.165, 1.54) is 0 Å². The molecule has 0 saturated carbocycles. The van der Waals surface area contributed by atoms with Gasteiger partial charge in [0.1, 0.15) is 0 Å². The molecule has 0 spiro atoms. The lowest BCUT2D eigenvalue weighted by Crippen LogP contribution is -2.58. The van der Waals surface area contributed by atoms with Gasteiger partial charge in [0.2, 0.25) is 9.26 Å². The lowest BCUT2D eigenvalue weighted by Gasteiger charge is -2.25. The van der Waals surface area contributed by atoms with Crippen molar-refractivity contribution in [2.75, 3.05) is 6.54 Å². The fourth-order valence-corrected chi connectivity index (χ4v) is 1.27. The Morgan fingerprint density at radius 2 is 2.00 bits per heavy atom. The van der Waals surface area contributed by atoms with E-state index in [2.05, 4.69) is 42.5 Å². The maximum Gasteiger partial charge on any atom is 0.268 e. The van der Waals surface area contributed by atoms with E-state index in [9.17, 15) is 9.59 Å². The predicted octanol–water partition coefficient (Wildman–Crippen LogP) is -0.324. The Bertz CT molecular complexity index is 192. The van der Waals surface area contributed by atoms with Crippen molar-refractivity contribution in [2.45, 2.75) is 3.36 Å². The number of nitrogens with one attached hydrogen (secondary N) is 2. The van der Waals surface area contributed by atoms with Crippen LogP contribution >= 0.6 is 31.9 Å². The summed E-state index contributed by atoms with van der Waals surface area (Å²) in [6.45, 7) is 0.0395. The van der Waals surface area contributed by atoms with Gasteiger partial charge in [-0.15, -0.1) is 0 Å². The van der Waals surface area contributed by atoms with Crippen LogP contribution < -0.4 is 10.6 Å². The number of carbonyl (C=O) groups is 2. The molecule has 10 heavy (non-hydrogen) atoms. The average molecular weight is 272 g/mol. The molecule has 0 bridgehead atoms. The largest absolute Gasteiger partial charge is 0.343 e. The van der Waals surface area contributed by atoms with E-state index in [0.29, 0.717) is 0 Å². The summed E-state index contributed by atoms with van der Waals surface area (Å²) in [4.78, 5) is 21.5. The van der Waals surface area contributed by atoms with E-state index < -0.39 is 3.36 Å². The van der Waals surface area contributed by atoms with Gasteiger partial charge in [-0.05, 0) is 31.9 Å². The highest BCUT2D eigenvalue weighted by Crippen LogP contribution is 2.23. The third-order valence-electron chi connectivity index (χ3n) is 0.991. The molecule has 1 fully saturated rings. The molecule has 0 aromatic carbocycles. The van der Waals surface area contributed by atoms with Crippen LogP contribution in [0.5, 0.6) is 0 Å². The molecule has 2 amide bonds. The smallest absolute Gasteiger partial charge is 0.268 e. The number of hydrogen-bond donors (Lipinski definition) is 2. The Morgan fingerprint density at radius 3 is 2.40 bits per heavy atom. The lowest BCUT2D eigenvalue weighted by atomic mass is 10.4. The third-order valence-corrected chi connectivity index (χ3v) is 2.11. The molecule has 4 nitrogen and oxygen atoms in total. The van der Waals surface area contributed by atoms with Crippen LogP contribution in [0.2, 0.25) is 0 Å². The second kappa shape index (κ2) is 2.50. The van der Waals surface area contributed by atoms with Gasteiger partial charge in [0.05, 0.1) is 6.54 Å². The van der Waals surface area contributed by atoms with Crippen molar-refractivity contribution in [3.05, 3.63) is 0 Å². The van der Waals surface area contributed by atoms with Gasteiger partial charge in [-0.1, -0.05) is 0 Å². The van der Waals surface area contributed by atoms with Gasteiger partial charge in [0.25, 0.3) is 5.91 Å². The van der Waals surface area contributed by atoms with Crippen molar-refractivity contribution >= 4 is 43.7 Å². The summed E-state index contributed by atoms with van der Waals surface area (Å²) >= 11 is 5.94. The Labute approximate surface area is 74.0 Å². The highest BCUT2D eigenvalue weighted by Gasteiger charge is 2.37. The van der Waals surface area contributed by atoms with Gasteiger partial charge in [-0.2, -0.15) is 0 Å². The van der Waals surface area contributed by atoms with Crippen LogP contribution in [0.1, 0.15) is 0 Å². The number of carbonyl (C=O) groups excluding carboxylic acids is 2. The Morgan fingerprint density at radius 1 is 1.40 bits per heavy atom. The first kappa shape index (κ1) is 8.00. The van der Waals surface area contributed by atoms with Crippen molar-refractivity contribution in [1.82, 2.24) is 10.6 Å². The van der Waals surface area contributed by atoms with Gasteiger partial charge in [-0.3, -0.25) is 9.59 Å². The third kappa shape index (κ3) is 1.49. The molecule has 1 aliphatic rings. The lowest BCUT2D eigenvalue weighted by molar-refractivity contribution is -0.131. The number of amides is 2. The van der Waals surface area contributed by atoms with Crippen LogP contribution in [0.15, 0.2) is 0 Å². The molecule has 0 aromatic heterocycles. The molecule has 1 rings (SSSR count). The van der Waals surface area contributed by atoms with Gasteiger partial charge in [0.15, 0.2) is 0 Å². The van der Waals surface area contributed by atoms with Crippen LogP contribution in [0.4, 0.5) is 0 Å². The van der Waals surface area contributed by atoms with E-state index >= 15 is 0 Å².